The third-order valence-electron chi connectivity index (χ3n) is 3.93. The molecule has 0 aromatic carbocycles. The molecular formula is C21H34O4. The van der Waals surface area contributed by atoms with Crippen molar-refractivity contribution < 1.29 is 19.4 Å². The van der Waals surface area contributed by atoms with Gasteiger partial charge in [0.1, 0.15) is 0 Å². The second-order valence-corrected chi connectivity index (χ2v) is 6.26. The molecule has 0 rings (SSSR count). The molecule has 0 aliphatic carbocycles. The van der Waals surface area contributed by atoms with E-state index in [0.29, 0.717) is 6.42 Å². The van der Waals surface area contributed by atoms with Gasteiger partial charge in [-0.2, -0.15) is 0 Å². The van der Waals surface area contributed by atoms with Gasteiger partial charge >= 0.3 is 5.97 Å². The number of carboxylic acid groups (broad SMARTS) is 1. The van der Waals surface area contributed by atoms with Crippen molar-refractivity contribution in [1.82, 2.24) is 0 Å². The number of hydrogen-bond acceptors (Lipinski definition) is 3. The first-order chi connectivity index (χ1) is 12.1. The zero-order chi connectivity index (χ0) is 18.8. The Hall–Kier alpha value is -1.68. The Kier molecular flexibility index (Phi) is 16.0. The van der Waals surface area contributed by atoms with E-state index in [-0.39, 0.29) is 18.3 Å². The molecule has 0 bridgehead atoms. The molecule has 0 radical (unpaired) electrons. The summed E-state index contributed by atoms with van der Waals surface area (Å²) in [5, 5.41) is 8.54. The highest BCUT2D eigenvalue weighted by molar-refractivity contribution is 5.89. The molecule has 0 spiro atoms. The number of rotatable bonds is 16. The highest BCUT2D eigenvalue weighted by Gasteiger charge is 1.98. The molecule has 0 aliphatic rings. The Morgan fingerprint density at radius 1 is 0.840 bits per heavy atom. The molecule has 4 heteroatoms. The smallest absolute Gasteiger partial charge is 0.303 e. The Balaban J connectivity index is 3.49. The van der Waals surface area contributed by atoms with Crippen LogP contribution in [0.5, 0.6) is 0 Å². The number of unbranched alkanes of at least 4 members (excludes halogenated alkanes) is 7. The molecule has 0 aromatic rings. The number of allylic oxidation sites excluding steroid dienone is 5. The van der Waals surface area contributed by atoms with Crippen molar-refractivity contribution in [3.8, 4) is 0 Å². The maximum absolute atomic E-state index is 11.7. The Labute approximate surface area is 152 Å². The van der Waals surface area contributed by atoms with E-state index >= 15 is 0 Å². The van der Waals surface area contributed by atoms with E-state index in [4.69, 9.17) is 9.84 Å². The van der Waals surface area contributed by atoms with Crippen LogP contribution >= 0.6 is 0 Å². The third-order valence-corrected chi connectivity index (χ3v) is 3.93. The van der Waals surface area contributed by atoms with Crippen molar-refractivity contribution in [2.75, 3.05) is 7.11 Å². The van der Waals surface area contributed by atoms with Gasteiger partial charge in [-0.15, -0.1) is 0 Å². The highest BCUT2D eigenvalue weighted by atomic mass is 16.5. The monoisotopic (exact) mass is 350 g/mol. The normalized spacial score (nSPS) is 13.2. The number of carboxylic acids is 1. The van der Waals surface area contributed by atoms with Crippen LogP contribution in [0.3, 0.4) is 0 Å². The van der Waals surface area contributed by atoms with Crippen molar-refractivity contribution in [2.45, 2.75) is 77.2 Å². The lowest BCUT2D eigenvalue weighted by molar-refractivity contribution is -0.137. The lowest BCUT2D eigenvalue weighted by atomic mass is 10.1. The topological polar surface area (TPSA) is 63.6 Å². The van der Waals surface area contributed by atoms with E-state index in [2.05, 4.69) is 0 Å². The minimum Gasteiger partial charge on any atom is -0.481 e. The summed E-state index contributed by atoms with van der Waals surface area (Å²) in [6.07, 6.45) is 20.4. The van der Waals surface area contributed by atoms with E-state index in [1.54, 1.807) is 19.3 Å². The highest BCUT2D eigenvalue weighted by Crippen LogP contribution is 2.11. The number of ether oxygens (including phenoxy) is 1. The van der Waals surface area contributed by atoms with Gasteiger partial charge in [0.25, 0.3) is 0 Å². The fourth-order valence-corrected chi connectivity index (χ4v) is 2.31. The van der Waals surface area contributed by atoms with Crippen molar-refractivity contribution in [1.29, 1.82) is 0 Å². The van der Waals surface area contributed by atoms with Crippen LogP contribution in [0.1, 0.15) is 71.1 Å². The summed E-state index contributed by atoms with van der Waals surface area (Å²) >= 11 is 0. The van der Waals surface area contributed by atoms with Gasteiger partial charge in [0.15, 0.2) is 5.78 Å². The van der Waals surface area contributed by atoms with E-state index in [1.807, 2.05) is 31.2 Å². The van der Waals surface area contributed by atoms with Gasteiger partial charge in [-0.25, -0.2) is 0 Å². The Morgan fingerprint density at radius 2 is 1.36 bits per heavy atom. The molecule has 1 N–H and O–H groups in total. The van der Waals surface area contributed by atoms with Crippen LogP contribution < -0.4 is 0 Å². The fraction of sp³-hybridized carbons (Fsp3) is 0.619. The second-order valence-electron chi connectivity index (χ2n) is 6.26. The van der Waals surface area contributed by atoms with Gasteiger partial charge in [0.2, 0.25) is 0 Å². The summed E-state index contributed by atoms with van der Waals surface area (Å²) < 4.78 is 5.09. The molecule has 0 saturated carbocycles. The summed E-state index contributed by atoms with van der Waals surface area (Å²) in [7, 11) is 1.67. The quantitative estimate of drug-likeness (QED) is 0.235. The number of ketones is 1. The standard InChI is InChI=1S/C21H34O4/c1-19(25-2)15-11-9-10-13-17-20(22)16-12-7-5-3-4-6-8-14-18-21(23)24/h9-11,13,15,17,19H,3-8,12,14,16,18H2,1-2H3,(H,23,24). The number of carbonyl (C=O) groups is 2. The minimum absolute atomic E-state index is 0.0972. The second kappa shape index (κ2) is 17.2. The molecule has 0 fully saturated rings. The third kappa shape index (κ3) is 18.5. The Bertz CT molecular complexity index is 435. The zero-order valence-electron chi connectivity index (χ0n) is 15.8. The van der Waals surface area contributed by atoms with Crippen LogP contribution in [-0.4, -0.2) is 30.1 Å². The first kappa shape index (κ1) is 23.3. The van der Waals surface area contributed by atoms with E-state index in [9.17, 15) is 9.59 Å². The van der Waals surface area contributed by atoms with E-state index in [1.165, 1.54) is 6.42 Å². The minimum atomic E-state index is -0.702. The van der Waals surface area contributed by atoms with Crippen LogP contribution in [-0.2, 0) is 14.3 Å². The van der Waals surface area contributed by atoms with E-state index < -0.39 is 5.97 Å². The number of hydrogen-bond donors (Lipinski definition) is 1. The van der Waals surface area contributed by atoms with Crippen LogP contribution in [0.25, 0.3) is 0 Å². The number of carbonyl (C=O) groups excluding carboxylic acids is 1. The summed E-state index contributed by atoms with van der Waals surface area (Å²) in [6, 6.07) is 0. The number of methoxy groups -OCH3 is 1. The average molecular weight is 350 g/mol. The van der Waals surface area contributed by atoms with Crippen LogP contribution in [0, 0.1) is 0 Å². The van der Waals surface area contributed by atoms with Crippen LogP contribution in [0.4, 0.5) is 0 Å². The maximum Gasteiger partial charge on any atom is 0.303 e. The van der Waals surface area contributed by atoms with Crippen molar-refractivity contribution in [3.05, 3.63) is 36.5 Å². The van der Waals surface area contributed by atoms with Gasteiger partial charge in [-0.1, -0.05) is 68.9 Å². The SMILES string of the molecule is COC(C)C=CC=CC=CC(=O)CCCCCCCCCCC(=O)O. The molecule has 142 valence electrons. The van der Waals surface area contributed by atoms with Gasteiger partial charge < -0.3 is 9.84 Å². The lowest BCUT2D eigenvalue weighted by Crippen LogP contribution is -1.97. The molecular weight excluding hydrogens is 316 g/mol. The molecule has 0 saturated heterocycles. The lowest BCUT2D eigenvalue weighted by Gasteiger charge is -2.01. The molecule has 0 aromatic heterocycles. The van der Waals surface area contributed by atoms with Crippen LogP contribution in [0.2, 0.25) is 0 Å². The summed E-state index contributed by atoms with van der Waals surface area (Å²) in [5.41, 5.74) is 0. The van der Waals surface area contributed by atoms with Crippen molar-refractivity contribution in [3.63, 3.8) is 0 Å². The van der Waals surface area contributed by atoms with Crippen LogP contribution in [0.15, 0.2) is 36.5 Å². The average Bonchev–Trinajstić information content (AvgIpc) is 2.58. The molecule has 25 heavy (non-hydrogen) atoms. The summed E-state index contributed by atoms with van der Waals surface area (Å²) in [4.78, 5) is 22.1. The maximum atomic E-state index is 11.7. The summed E-state index contributed by atoms with van der Waals surface area (Å²) in [6.45, 7) is 1.96. The predicted octanol–water partition coefficient (Wildman–Crippen LogP) is 5.24. The van der Waals surface area contributed by atoms with E-state index in [0.717, 1.165) is 44.9 Å². The predicted molar refractivity (Wildman–Crippen MR) is 103 cm³/mol. The molecule has 0 heterocycles. The molecule has 1 atom stereocenters. The molecule has 0 aliphatic heterocycles. The van der Waals surface area contributed by atoms with Gasteiger partial charge in [0, 0.05) is 20.0 Å². The van der Waals surface area contributed by atoms with Crippen molar-refractivity contribution >= 4 is 11.8 Å². The molecule has 0 amide bonds. The zero-order valence-corrected chi connectivity index (χ0v) is 15.8. The first-order valence-corrected chi connectivity index (χ1v) is 9.35. The van der Waals surface area contributed by atoms with Gasteiger partial charge in [0.05, 0.1) is 6.10 Å². The largest absolute Gasteiger partial charge is 0.481 e. The molecule has 1 unspecified atom stereocenters. The van der Waals surface area contributed by atoms with Crippen molar-refractivity contribution in [2.24, 2.45) is 0 Å². The molecule has 4 nitrogen and oxygen atoms in total. The summed E-state index contributed by atoms with van der Waals surface area (Å²) in [5.74, 6) is -0.529. The fourth-order valence-electron chi connectivity index (χ4n) is 2.31. The Morgan fingerprint density at radius 3 is 1.92 bits per heavy atom. The van der Waals surface area contributed by atoms with Gasteiger partial charge in [-0.3, -0.25) is 9.59 Å². The van der Waals surface area contributed by atoms with Gasteiger partial charge in [-0.05, 0) is 25.8 Å². The first-order valence-electron chi connectivity index (χ1n) is 9.35. The number of aliphatic carboxylic acids is 1.